The number of rotatable bonds is 2. The highest BCUT2D eigenvalue weighted by Crippen LogP contribution is 2.29. The minimum Gasteiger partial charge on any atom is -0.477 e. The normalized spacial score (nSPS) is 21.8. The first-order valence-electron chi connectivity index (χ1n) is 4.71. The summed E-state index contributed by atoms with van der Waals surface area (Å²) in [4.78, 5) is 21.4. The average molecular weight is 198 g/mol. The largest absolute Gasteiger partial charge is 0.477 e. The lowest BCUT2D eigenvalue weighted by Crippen LogP contribution is -2.17. The summed E-state index contributed by atoms with van der Waals surface area (Å²) in [6.45, 7) is 2.10. The van der Waals surface area contributed by atoms with Gasteiger partial charge in [0.25, 0.3) is 0 Å². The SMILES string of the molecule is CC1CCC(=C(C(=O)O)C(=O)O)CC1. The van der Waals surface area contributed by atoms with Crippen LogP contribution in [0.25, 0.3) is 0 Å². The number of hydrogen-bond acceptors (Lipinski definition) is 2. The lowest BCUT2D eigenvalue weighted by atomic mass is 9.85. The Kier molecular flexibility index (Phi) is 3.28. The summed E-state index contributed by atoms with van der Waals surface area (Å²) in [7, 11) is 0. The van der Waals surface area contributed by atoms with Crippen LogP contribution in [0.15, 0.2) is 11.1 Å². The third kappa shape index (κ3) is 2.34. The molecule has 14 heavy (non-hydrogen) atoms. The van der Waals surface area contributed by atoms with Crippen LogP contribution in [-0.2, 0) is 9.59 Å². The van der Waals surface area contributed by atoms with Crippen molar-refractivity contribution >= 4 is 11.9 Å². The molecule has 0 unspecified atom stereocenters. The van der Waals surface area contributed by atoms with Crippen molar-refractivity contribution in [2.45, 2.75) is 32.6 Å². The molecule has 1 saturated carbocycles. The first kappa shape index (κ1) is 10.8. The Morgan fingerprint density at radius 1 is 1.14 bits per heavy atom. The van der Waals surface area contributed by atoms with Gasteiger partial charge in [-0.05, 0) is 37.2 Å². The lowest BCUT2D eigenvalue weighted by Gasteiger charge is -2.20. The highest BCUT2D eigenvalue weighted by molar-refractivity contribution is 6.13. The molecule has 4 heteroatoms. The summed E-state index contributed by atoms with van der Waals surface area (Å²) in [6, 6.07) is 0. The van der Waals surface area contributed by atoms with Gasteiger partial charge in [0.15, 0.2) is 0 Å². The van der Waals surface area contributed by atoms with E-state index in [1.54, 1.807) is 0 Å². The first-order valence-corrected chi connectivity index (χ1v) is 4.71. The fourth-order valence-electron chi connectivity index (χ4n) is 1.75. The fraction of sp³-hybridized carbons (Fsp3) is 0.600. The van der Waals surface area contributed by atoms with Crippen molar-refractivity contribution in [3.8, 4) is 0 Å². The minimum absolute atomic E-state index is 0.420. The molecule has 0 bridgehead atoms. The van der Waals surface area contributed by atoms with Crippen molar-refractivity contribution in [3.63, 3.8) is 0 Å². The molecule has 0 saturated heterocycles. The van der Waals surface area contributed by atoms with E-state index >= 15 is 0 Å². The minimum atomic E-state index is -1.32. The second kappa shape index (κ2) is 4.26. The van der Waals surface area contributed by atoms with Gasteiger partial charge < -0.3 is 10.2 Å². The van der Waals surface area contributed by atoms with Crippen molar-refractivity contribution < 1.29 is 19.8 Å². The van der Waals surface area contributed by atoms with E-state index in [0.29, 0.717) is 24.3 Å². The third-order valence-corrected chi connectivity index (χ3v) is 2.66. The van der Waals surface area contributed by atoms with Gasteiger partial charge in [-0.25, -0.2) is 9.59 Å². The molecule has 0 spiro atoms. The van der Waals surface area contributed by atoms with Crippen LogP contribution in [-0.4, -0.2) is 22.2 Å². The van der Waals surface area contributed by atoms with Crippen molar-refractivity contribution in [1.29, 1.82) is 0 Å². The maximum absolute atomic E-state index is 10.7. The second-order valence-corrected chi connectivity index (χ2v) is 3.77. The van der Waals surface area contributed by atoms with Crippen LogP contribution >= 0.6 is 0 Å². The molecule has 1 aliphatic carbocycles. The Bertz CT molecular complexity index is 264. The maximum atomic E-state index is 10.7. The first-order chi connectivity index (χ1) is 6.52. The van der Waals surface area contributed by atoms with E-state index in [0.717, 1.165) is 12.8 Å². The molecule has 0 aliphatic heterocycles. The Morgan fingerprint density at radius 2 is 1.57 bits per heavy atom. The quantitative estimate of drug-likeness (QED) is 0.402. The van der Waals surface area contributed by atoms with Gasteiger partial charge in [-0.15, -0.1) is 0 Å². The van der Waals surface area contributed by atoms with Crippen LogP contribution in [0.5, 0.6) is 0 Å². The van der Waals surface area contributed by atoms with Crippen molar-refractivity contribution in [2.24, 2.45) is 5.92 Å². The average Bonchev–Trinajstić information content (AvgIpc) is 2.07. The molecular weight excluding hydrogens is 184 g/mol. The second-order valence-electron chi connectivity index (χ2n) is 3.77. The molecule has 4 nitrogen and oxygen atoms in total. The monoisotopic (exact) mass is 198 g/mol. The Morgan fingerprint density at radius 3 is 1.93 bits per heavy atom. The van der Waals surface area contributed by atoms with Crippen LogP contribution in [0.3, 0.4) is 0 Å². The fourth-order valence-corrected chi connectivity index (χ4v) is 1.75. The van der Waals surface area contributed by atoms with E-state index in [1.807, 2.05) is 0 Å². The van der Waals surface area contributed by atoms with Gasteiger partial charge in [-0.1, -0.05) is 6.92 Å². The standard InChI is InChI=1S/C10H14O4/c1-6-2-4-7(5-3-6)8(9(11)12)10(13)14/h6H,2-5H2,1H3,(H,11,12)(H,13,14). The van der Waals surface area contributed by atoms with Crippen LogP contribution in [0.1, 0.15) is 32.6 Å². The van der Waals surface area contributed by atoms with Gasteiger partial charge in [-0.2, -0.15) is 0 Å². The van der Waals surface area contributed by atoms with Crippen LogP contribution in [0.2, 0.25) is 0 Å². The van der Waals surface area contributed by atoms with E-state index in [9.17, 15) is 9.59 Å². The topological polar surface area (TPSA) is 74.6 Å². The van der Waals surface area contributed by atoms with Crippen molar-refractivity contribution in [1.82, 2.24) is 0 Å². The molecule has 0 heterocycles. The van der Waals surface area contributed by atoms with Gasteiger partial charge >= 0.3 is 11.9 Å². The lowest BCUT2D eigenvalue weighted by molar-refractivity contribution is -0.140. The molecule has 2 N–H and O–H groups in total. The maximum Gasteiger partial charge on any atom is 0.343 e. The number of carboxylic acids is 2. The van der Waals surface area contributed by atoms with E-state index in [1.165, 1.54) is 0 Å². The zero-order chi connectivity index (χ0) is 10.7. The molecule has 78 valence electrons. The van der Waals surface area contributed by atoms with Gasteiger partial charge in [0.05, 0.1) is 0 Å². The summed E-state index contributed by atoms with van der Waals surface area (Å²) < 4.78 is 0. The molecule has 0 aromatic carbocycles. The predicted octanol–water partition coefficient (Wildman–Crippen LogP) is 1.66. The van der Waals surface area contributed by atoms with Crippen molar-refractivity contribution in [2.75, 3.05) is 0 Å². The number of aliphatic carboxylic acids is 2. The Labute approximate surface area is 82.2 Å². The molecule has 0 aromatic rings. The molecule has 0 amide bonds. The summed E-state index contributed by atoms with van der Waals surface area (Å²) >= 11 is 0. The predicted molar refractivity (Wildman–Crippen MR) is 49.9 cm³/mol. The molecule has 0 atom stereocenters. The number of allylic oxidation sites excluding steroid dienone is 1. The Hall–Kier alpha value is -1.32. The zero-order valence-corrected chi connectivity index (χ0v) is 8.12. The zero-order valence-electron chi connectivity index (χ0n) is 8.12. The third-order valence-electron chi connectivity index (χ3n) is 2.66. The van der Waals surface area contributed by atoms with Crippen LogP contribution in [0.4, 0.5) is 0 Å². The van der Waals surface area contributed by atoms with E-state index in [2.05, 4.69) is 6.92 Å². The van der Waals surface area contributed by atoms with Gasteiger partial charge in [0.1, 0.15) is 5.57 Å². The van der Waals surface area contributed by atoms with E-state index < -0.39 is 17.5 Å². The molecule has 1 aliphatic rings. The highest BCUT2D eigenvalue weighted by Gasteiger charge is 2.24. The molecule has 0 aromatic heterocycles. The number of carbonyl (C=O) groups is 2. The van der Waals surface area contributed by atoms with Crippen LogP contribution in [0, 0.1) is 5.92 Å². The van der Waals surface area contributed by atoms with Crippen LogP contribution < -0.4 is 0 Å². The smallest absolute Gasteiger partial charge is 0.343 e. The molecule has 0 radical (unpaired) electrons. The molecular formula is C10H14O4. The summed E-state index contributed by atoms with van der Waals surface area (Å²) in [6.07, 6.45) is 2.99. The van der Waals surface area contributed by atoms with E-state index in [-0.39, 0.29) is 0 Å². The summed E-state index contributed by atoms with van der Waals surface area (Å²) in [5, 5.41) is 17.4. The molecule has 1 rings (SSSR count). The van der Waals surface area contributed by atoms with Gasteiger partial charge in [0.2, 0.25) is 0 Å². The van der Waals surface area contributed by atoms with E-state index in [4.69, 9.17) is 10.2 Å². The Balaban J connectivity index is 2.89. The number of hydrogen-bond donors (Lipinski definition) is 2. The van der Waals surface area contributed by atoms with Gasteiger partial charge in [-0.3, -0.25) is 0 Å². The summed E-state index contributed by atoms with van der Waals surface area (Å²) in [5.74, 6) is -2.06. The van der Waals surface area contributed by atoms with Crippen molar-refractivity contribution in [3.05, 3.63) is 11.1 Å². The van der Waals surface area contributed by atoms with Gasteiger partial charge in [0, 0.05) is 0 Å². The summed E-state index contributed by atoms with van der Waals surface area (Å²) in [5.41, 5.74) is 0.167. The number of carboxylic acid groups (broad SMARTS) is 2. The highest BCUT2D eigenvalue weighted by atomic mass is 16.4. The molecule has 1 fully saturated rings.